The fourth-order valence-corrected chi connectivity index (χ4v) is 3.95. The standard InChI is InChI=1S/C15H10BrF2NS2/c16-10-5-12(17)15(13(18)6-10)19-7-11-4-9(8-21-11)14-2-1-3-20-14/h1-6,8,19H,7H2. The Labute approximate surface area is 137 Å². The van der Waals surface area contributed by atoms with E-state index in [2.05, 4.69) is 32.7 Å². The third-order valence-corrected chi connectivity index (χ3v) is 5.22. The van der Waals surface area contributed by atoms with E-state index in [4.69, 9.17) is 0 Å². The lowest BCUT2D eigenvalue weighted by atomic mass is 10.2. The van der Waals surface area contributed by atoms with E-state index in [1.165, 1.54) is 17.0 Å². The van der Waals surface area contributed by atoms with E-state index in [0.717, 1.165) is 10.4 Å². The summed E-state index contributed by atoms with van der Waals surface area (Å²) in [5.41, 5.74) is 1.05. The summed E-state index contributed by atoms with van der Waals surface area (Å²) in [5.74, 6) is -1.20. The molecule has 6 heteroatoms. The van der Waals surface area contributed by atoms with Gasteiger partial charge in [0.05, 0.1) is 0 Å². The van der Waals surface area contributed by atoms with Crippen LogP contribution in [-0.2, 0) is 6.54 Å². The van der Waals surface area contributed by atoms with Gasteiger partial charge in [0.25, 0.3) is 0 Å². The van der Waals surface area contributed by atoms with Crippen molar-refractivity contribution in [2.75, 3.05) is 5.32 Å². The maximum Gasteiger partial charge on any atom is 0.150 e. The molecule has 0 fully saturated rings. The van der Waals surface area contributed by atoms with Crippen molar-refractivity contribution in [3.8, 4) is 10.4 Å². The average Bonchev–Trinajstić information content (AvgIpc) is 3.08. The van der Waals surface area contributed by atoms with Crippen molar-refractivity contribution in [2.45, 2.75) is 6.54 Å². The lowest BCUT2D eigenvalue weighted by Crippen LogP contribution is -2.02. The number of benzene rings is 1. The zero-order valence-electron chi connectivity index (χ0n) is 10.7. The molecule has 0 unspecified atom stereocenters. The number of halogens is 3. The summed E-state index contributed by atoms with van der Waals surface area (Å²) in [4.78, 5) is 2.22. The summed E-state index contributed by atoms with van der Waals surface area (Å²) in [7, 11) is 0. The Bertz CT molecular complexity index is 730. The number of anilines is 1. The van der Waals surface area contributed by atoms with Gasteiger partial charge in [-0.05, 0) is 35.0 Å². The lowest BCUT2D eigenvalue weighted by Gasteiger charge is -2.08. The molecular formula is C15H10BrF2NS2. The monoisotopic (exact) mass is 385 g/mol. The molecule has 0 saturated carbocycles. The Kier molecular flexibility index (Phi) is 4.37. The van der Waals surface area contributed by atoms with E-state index in [1.54, 1.807) is 22.7 Å². The van der Waals surface area contributed by atoms with Gasteiger partial charge in [0.15, 0.2) is 0 Å². The third kappa shape index (κ3) is 3.33. The van der Waals surface area contributed by atoms with Crippen LogP contribution >= 0.6 is 38.6 Å². The molecule has 2 aromatic heterocycles. The molecule has 0 amide bonds. The van der Waals surface area contributed by atoms with Crippen molar-refractivity contribution in [1.29, 1.82) is 0 Å². The Balaban J connectivity index is 1.74. The van der Waals surface area contributed by atoms with Crippen LogP contribution in [0.3, 0.4) is 0 Å². The molecular weight excluding hydrogens is 376 g/mol. The van der Waals surface area contributed by atoms with Crippen molar-refractivity contribution < 1.29 is 8.78 Å². The average molecular weight is 386 g/mol. The topological polar surface area (TPSA) is 12.0 Å². The van der Waals surface area contributed by atoms with E-state index in [9.17, 15) is 8.78 Å². The minimum absolute atomic E-state index is 0.0933. The van der Waals surface area contributed by atoms with Crippen molar-refractivity contribution in [1.82, 2.24) is 0 Å². The fourth-order valence-electron chi connectivity index (χ4n) is 1.93. The Morgan fingerprint density at radius 1 is 1.10 bits per heavy atom. The van der Waals surface area contributed by atoms with Crippen LogP contribution < -0.4 is 5.32 Å². The molecule has 0 saturated heterocycles. The van der Waals surface area contributed by atoms with Gasteiger partial charge < -0.3 is 5.32 Å². The summed E-state index contributed by atoms with van der Waals surface area (Å²) in [6.07, 6.45) is 0. The smallest absolute Gasteiger partial charge is 0.150 e. The van der Waals surface area contributed by atoms with Gasteiger partial charge in [0.1, 0.15) is 17.3 Å². The molecule has 0 spiro atoms. The van der Waals surface area contributed by atoms with Gasteiger partial charge in [-0.2, -0.15) is 0 Å². The van der Waals surface area contributed by atoms with Gasteiger partial charge in [-0.15, -0.1) is 22.7 Å². The number of rotatable bonds is 4. The van der Waals surface area contributed by atoms with Crippen LogP contribution in [0.2, 0.25) is 0 Å². The maximum absolute atomic E-state index is 13.7. The minimum Gasteiger partial charge on any atom is -0.375 e. The van der Waals surface area contributed by atoms with E-state index in [-0.39, 0.29) is 5.69 Å². The second-order valence-electron chi connectivity index (χ2n) is 4.38. The summed E-state index contributed by atoms with van der Waals surface area (Å²) in [6.45, 7) is 0.394. The van der Waals surface area contributed by atoms with E-state index in [1.807, 2.05) is 17.5 Å². The summed E-state index contributed by atoms with van der Waals surface area (Å²) < 4.78 is 27.8. The van der Waals surface area contributed by atoms with E-state index >= 15 is 0 Å². The normalized spacial score (nSPS) is 10.8. The molecule has 0 radical (unpaired) electrons. The van der Waals surface area contributed by atoms with Crippen molar-refractivity contribution in [3.05, 3.63) is 62.1 Å². The third-order valence-electron chi connectivity index (χ3n) is 2.91. The number of nitrogens with one attached hydrogen (secondary N) is 1. The first-order chi connectivity index (χ1) is 10.1. The molecule has 0 aliphatic rings. The first kappa shape index (κ1) is 14.7. The highest BCUT2D eigenvalue weighted by Gasteiger charge is 2.11. The van der Waals surface area contributed by atoms with Crippen LogP contribution in [0.1, 0.15) is 4.88 Å². The molecule has 0 aliphatic carbocycles. The second-order valence-corrected chi connectivity index (χ2v) is 7.24. The van der Waals surface area contributed by atoms with Gasteiger partial charge in [0.2, 0.25) is 0 Å². The molecule has 0 atom stereocenters. The Hall–Kier alpha value is -1.24. The van der Waals surface area contributed by atoms with Crippen LogP contribution in [0.15, 0.2) is 45.6 Å². The minimum atomic E-state index is -0.600. The first-order valence-electron chi connectivity index (χ1n) is 6.13. The van der Waals surface area contributed by atoms with Crippen molar-refractivity contribution in [3.63, 3.8) is 0 Å². The van der Waals surface area contributed by atoms with Crippen LogP contribution in [0.4, 0.5) is 14.5 Å². The fraction of sp³-hybridized carbons (Fsp3) is 0.0667. The Morgan fingerprint density at radius 2 is 1.86 bits per heavy atom. The molecule has 21 heavy (non-hydrogen) atoms. The quantitative estimate of drug-likeness (QED) is 0.569. The zero-order chi connectivity index (χ0) is 14.8. The van der Waals surface area contributed by atoms with Gasteiger partial charge in [-0.1, -0.05) is 22.0 Å². The van der Waals surface area contributed by atoms with E-state index in [0.29, 0.717) is 11.0 Å². The summed E-state index contributed by atoms with van der Waals surface area (Å²) >= 11 is 6.31. The highest BCUT2D eigenvalue weighted by atomic mass is 79.9. The highest BCUT2D eigenvalue weighted by Crippen LogP contribution is 2.30. The van der Waals surface area contributed by atoms with Crippen molar-refractivity contribution >= 4 is 44.3 Å². The number of hydrogen-bond donors (Lipinski definition) is 1. The van der Waals surface area contributed by atoms with Crippen LogP contribution in [0, 0.1) is 11.6 Å². The molecule has 0 aliphatic heterocycles. The Morgan fingerprint density at radius 3 is 2.52 bits per heavy atom. The van der Waals surface area contributed by atoms with Crippen molar-refractivity contribution in [2.24, 2.45) is 0 Å². The largest absolute Gasteiger partial charge is 0.375 e. The van der Waals surface area contributed by atoms with E-state index < -0.39 is 11.6 Å². The molecule has 1 aromatic carbocycles. The molecule has 108 valence electrons. The summed E-state index contributed by atoms with van der Waals surface area (Å²) in [6, 6.07) is 8.59. The second kappa shape index (κ2) is 6.25. The molecule has 1 nitrogen and oxygen atoms in total. The number of thiophene rings is 2. The van der Waals surface area contributed by atoms with Crippen LogP contribution in [-0.4, -0.2) is 0 Å². The van der Waals surface area contributed by atoms with Gasteiger partial charge in [-0.3, -0.25) is 0 Å². The molecule has 0 bridgehead atoms. The lowest BCUT2D eigenvalue weighted by molar-refractivity contribution is 0.586. The predicted octanol–water partition coefficient (Wildman–Crippen LogP) is 6.13. The molecule has 3 rings (SSSR count). The zero-order valence-corrected chi connectivity index (χ0v) is 13.9. The number of hydrogen-bond acceptors (Lipinski definition) is 3. The highest BCUT2D eigenvalue weighted by molar-refractivity contribution is 9.10. The first-order valence-corrected chi connectivity index (χ1v) is 8.68. The van der Waals surface area contributed by atoms with Gasteiger partial charge >= 0.3 is 0 Å². The summed E-state index contributed by atoms with van der Waals surface area (Å²) in [5, 5.41) is 6.90. The SMILES string of the molecule is Fc1cc(Br)cc(F)c1NCc1cc(-c2cccs2)cs1. The molecule has 3 aromatic rings. The molecule has 2 heterocycles. The van der Waals surface area contributed by atoms with Gasteiger partial charge in [-0.25, -0.2) is 8.78 Å². The van der Waals surface area contributed by atoms with Crippen LogP contribution in [0.25, 0.3) is 10.4 Å². The van der Waals surface area contributed by atoms with Crippen LogP contribution in [0.5, 0.6) is 0 Å². The molecule has 1 N–H and O–H groups in total. The predicted molar refractivity (Wildman–Crippen MR) is 89.0 cm³/mol. The van der Waals surface area contributed by atoms with Gasteiger partial charge in [0, 0.05) is 26.3 Å². The maximum atomic E-state index is 13.7.